The van der Waals surface area contributed by atoms with Crippen molar-refractivity contribution >= 4 is 22.8 Å². The summed E-state index contributed by atoms with van der Waals surface area (Å²) in [6.07, 6.45) is 1.72. The summed E-state index contributed by atoms with van der Waals surface area (Å²) in [7, 11) is 1.84. The monoisotopic (exact) mass is 291 g/mol. The third-order valence-electron chi connectivity index (χ3n) is 3.48. The van der Waals surface area contributed by atoms with E-state index in [9.17, 15) is 4.79 Å². The Morgan fingerprint density at radius 1 is 1.43 bits per heavy atom. The number of hydrogen-bond donors (Lipinski definition) is 1. The highest BCUT2D eigenvalue weighted by Gasteiger charge is 2.22. The second kappa shape index (κ2) is 6.07. The molecule has 0 unspecified atom stereocenters. The first-order valence-electron chi connectivity index (χ1n) is 7.03. The average Bonchev–Trinajstić information content (AvgIpc) is 2.80. The molecule has 2 heterocycles. The number of aryl methyl sites for hydroxylation is 2. The van der Waals surface area contributed by atoms with Gasteiger partial charge in [0.25, 0.3) is 0 Å². The number of esters is 1. The van der Waals surface area contributed by atoms with E-state index in [2.05, 4.69) is 20.4 Å². The number of nitrogens with one attached hydrogen (secondary N) is 1. The molecule has 0 bridgehead atoms. The van der Waals surface area contributed by atoms with Crippen molar-refractivity contribution in [2.24, 2.45) is 13.0 Å². The molecule has 0 aliphatic heterocycles. The topological polar surface area (TPSA) is 81.9 Å². The lowest BCUT2D eigenvalue weighted by Crippen LogP contribution is -2.31. The number of anilines is 1. The van der Waals surface area contributed by atoms with Crippen molar-refractivity contribution in [3.05, 3.63) is 12.0 Å². The summed E-state index contributed by atoms with van der Waals surface area (Å²) in [5, 5.41) is 8.31. The zero-order valence-electron chi connectivity index (χ0n) is 13.0. The van der Waals surface area contributed by atoms with E-state index in [4.69, 9.17) is 4.74 Å². The van der Waals surface area contributed by atoms with E-state index in [0.717, 1.165) is 11.0 Å². The number of rotatable bonds is 5. The molecule has 0 fully saturated rings. The second-order valence-corrected chi connectivity index (χ2v) is 5.10. The van der Waals surface area contributed by atoms with Crippen molar-refractivity contribution in [1.82, 2.24) is 19.7 Å². The lowest BCUT2D eigenvalue weighted by Gasteiger charge is -2.20. The smallest absolute Gasteiger partial charge is 0.310 e. The zero-order valence-corrected chi connectivity index (χ0v) is 13.0. The zero-order chi connectivity index (χ0) is 15.6. The third kappa shape index (κ3) is 3.12. The number of hydrogen-bond acceptors (Lipinski definition) is 6. The van der Waals surface area contributed by atoms with Crippen LogP contribution < -0.4 is 5.32 Å². The Bertz CT molecular complexity index is 652. The molecule has 7 nitrogen and oxygen atoms in total. The maximum absolute atomic E-state index is 11.8. The second-order valence-electron chi connectivity index (χ2n) is 5.10. The molecule has 7 heteroatoms. The van der Waals surface area contributed by atoms with E-state index in [1.54, 1.807) is 17.8 Å². The molecule has 2 aromatic heterocycles. The van der Waals surface area contributed by atoms with Gasteiger partial charge in [-0.05, 0) is 27.7 Å². The summed E-state index contributed by atoms with van der Waals surface area (Å²) < 4.78 is 6.75. The van der Waals surface area contributed by atoms with Gasteiger partial charge in [-0.15, -0.1) is 0 Å². The minimum atomic E-state index is -0.271. The highest BCUT2D eigenvalue weighted by atomic mass is 16.5. The van der Waals surface area contributed by atoms with E-state index in [1.807, 2.05) is 27.8 Å². The first-order valence-corrected chi connectivity index (χ1v) is 7.03. The number of nitrogens with zero attached hydrogens (tertiary/aromatic N) is 4. The SMILES string of the molecule is CCOC(=O)[C@H](C)[C@@H](C)Nc1nc(C)nc2c1cnn2C. The maximum atomic E-state index is 11.8. The maximum Gasteiger partial charge on any atom is 0.310 e. The van der Waals surface area contributed by atoms with Crippen LogP contribution in [0.3, 0.4) is 0 Å². The van der Waals surface area contributed by atoms with E-state index in [1.165, 1.54) is 0 Å². The van der Waals surface area contributed by atoms with Gasteiger partial charge in [0, 0.05) is 13.1 Å². The summed E-state index contributed by atoms with van der Waals surface area (Å²) in [4.78, 5) is 20.6. The molecular weight excluding hydrogens is 270 g/mol. The molecule has 1 N–H and O–H groups in total. The third-order valence-corrected chi connectivity index (χ3v) is 3.48. The van der Waals surface area contributed by atoms with Crippen LogP contribution in [0.4, 0.5) is 5.82 Å². The van der Waals surface area contributed by atoms with E-state index >= 15 is 0 Å². The predicted octanol–water partition coefficient (Wildman–Crippen LogP) is 1.67. The molecule has 0 aliphatic rings. The normalized spacial score (nSPS) is 14.0. The van der Waals surface area contributed by atoms with Crippen molar-refractivity contribution < 1.29 is 9.53 Å². The predicted molar refractivity (Wildman–Crippen MR) is 79.9 cm³/mol. The molecular formula is C14H21N5O2. The Morgan fingerprint density at radius 3 is 2.81 bits per heavy atom. The molecule has 0 saturated heterocycles. The van der Waals surface area contributed by atoms with Crippen LogP contribution in [-0.2, 0) is 16.6 Å². The summed E-state index contributed by atoms with van der Waals surface area (Å²) in [6, 6.07) is -0.109. The molecule has 0 aromatic carbocycles. The van der Waals surface area contributed by atoms with Crippen molar-refractivity contribution in [3.63, 3.8) is 0 Å². The molecule has 21 heavy (non-hydrogen) atoms. The first kappa shape index (κ1) is 15.2. The van der Waals surface area contributed by atoms with E-state index in [0.29, 0.717) is 18.2 Å². The first-order chi connectivity index (χ1) is 9.93. The van der Waals surface area contributed by atoms with Crippen molar-refractivity contribution in [2.45, 2.75) is 33.7 Å². The summed E-state index contributed by atoms with van der Waals surface area (Å²) >= 11 is 0. The van der Waals surface area contributed by atoms with Crippen LogP contribution in [0.5, 0.6) is 0 Å². The summed E-state index contributed by atoms with van der Waals surface area (Å²) in [6.45, 7) is 7.79. The summed E-state index contributed by atoms with van der Waals surface area (Å²) in [5.74, 6) is 0.858. The largest absolute Gasteiger partial charge is 0.466 e. The minimum absolute atomic E-state index is 0.109. The molecule has 114 valence electrons. The molecule has 0 aliphatic carbocycles. The van der Waals surface area contributed by atoms with Gasteiger partial charge < -0.3 is 10.1 Å². The fourth-order valence-electron chi connectivity index (χ4n) is 2.06. The van der Waals surface area contributed by atoms with Crippen LogP contribution in [0.25, 0.3) is 11.0 Å². The van der Waals surface area contributed by atoms with Crippen molar-refractivity contribution in [3.8, 4) is 0 Å². The molecule has 2 aromatic rings. The Kier molecular flexibility index (Phi) is 4.40. The quantitative estimate of drug-likeness (QED) is 0.844. The molecule has 2 atom stereocenters. The van der Waals surface area contributed by atoms with Gasteiger partial charge in [0.1, 0.15) is 11.6 Å². The Morgan fingerprint density at radius 2 is 2.14 bits per heavy atom. The van der Waals surface area contributed by atoms with Gasteiger partial charge in [-0.1, -0.05) is 0 Å². The lowest BCUT2D eigenvalue weighted by atomic mass is 10.0. The highest BCUT2D eigenvalue weighted by Crippen LogP contribution is 2.21. The van der Waals surface area contributed by atoms with Gasteiger partial charge in [0.05, 0.1) is 24.1 Å². The standard InChI is InChI=1S/C14H21N5O2/c1-6-21-14(20)8(2)9(3)16-12-11-7-15-19(5)13(11)18-10(4)17-12/h7-9H,6H2,1-5H3,(H,16,17,18)/t8-,9-/m1/s1. The van der Waals surface area contributed by atoms with Crippen LogP contribution in [0.15, 0.2) is 6.20 Å². The van der Waals surface area contributed by atoms with Crippen LogP contribution >= 0.6 is 0 Å². The fraction of sp³-hybridized carbons (Fsp3) is 0.571. The number of carbonyl (C=O) groups excluding carboxylic acids is 1. The lowest BCUT2D eigenvalue weighted by molar-refractivity contribution is -0.147. The molecule has 0 saturated carbocycles. The van der Waals surface area contributed by atoms with Crippen LogP contribution in [0.1, 0.15) is 26.6 Å². The van der Waals surface area contributed by atoms with Gasteiger partial charge in [-0.2, -0.15) is 5.10 Å². The Labute approximate surface area is 123 Å². The van der Waals surface area contributed by atoms with Gasteiger partial charge in [0.2, 0.25) is 0 Å². The van der Waals surface area contributed by atoms with Gasteiger partial charge in [-0.3, -0.25) is 9.48 Å². The van der Waals surface area contributed by atoms with Crippen LogP contribution in [-0.4, -0.2) is 38.4 Å². The molecule has 2 rings (SSSR count). The average molecular weight is 291 g/mol. The van der Waals surface area contributed by atoms with Gasteiger partial charge in [0.15, 0.2) is 5.65 Å². The Balaban J connectivity index is 2.25. The van der Waals surface area contributed by atoms with Crippen LogP contribution in [0.2, 0.25) is 0 Å². The number of fused-ring (bicyclic) bond motifs is 1. The summed E-state index contributed by atoms with van der Waals surface area (Å²) in [5.41, 5.74) is 0.765. The van der Waals surface area contributed by atoms with E-state index < -0.39 is 0 Å². The Hall–Kier alpha value is -2.18. The highest BCUT2D eigenvalue weighted by molar-refractivity contribution is 5.86. The van der Waals surface area contributed by atoms with Crippen molar-refractivity contribution in [2.75, 3.05) is 11.9 Å². The van der Waals surface area contributed by atoms with E-state index in [-0.39, 0.29) is 17.9 Å². The molecule has 0 spiro atoms. The number of aromatic nitrogens is 4. The number of carbonyl (C=O) groups is 1. The van der Waals surface area contributed by atoms with Crippen molar-refractivity contribution in [1.29, 1.82) is 0 Å². The molecule has 0 radical (unpaired) electrons. The minimum Gasteiger partial charge on any atom is -0.466 e. The fourth-order valence-corrected chi connectivity index (χ4v) is 2.06. The molecule has 0 amide bonds. The van der Waals surface area contributed by atoms with Gasteiger partial charge >= 0.3 is 5.97 Å². The number of ether oxygens (including phenoxy) is 1. The van der Waals surface area contributed by atoms with Gasteiger partial charge in [-0.25, -0.2) is 9.97 Å². The van der Waals surface area contributed by atoms with Crippen LogP contribution in [0, 0.1) is 12.8 Å².